The summed E-state index contributed by atoms with van der Waals surface area (Å²) in [7, 11) is -4.15. The Hall–Kier alpha value is -1.58. The fraction of sp³-hybridized carbons (Fsp3) is 0.333. The number of H-pyrrole nitrogens is 1. The molecule has 1 aromatic heterocycles. The molecule has 2 aliphatic heterocycles. The molecular weight excluding hydrogens is 494 g/mol. The number of nitrogens with zero attached hydrogens (tertiary/aromatic N) is 1. The predicted molar refractivity (Wildman–Crippen MR) is 114 cm³/mol. The van der Waals surface area contributed by atoms with Crippen LogP contribution in [0.5, 0.6) is 5.75 Å². The van der Waals surface area contributed by atoms with Gasteiger partial charge in [0.15, 0.2) is 6.23 Å². The van der Waals surface area contributed by atoms with Crippen LogP contribution in [0.25, 0.3) is 0 Å². The first-order valence-electron chi connectivity index (χ1n) is 9.00. The first-order chi connectivity index (χ1) is 14.6. The lowest BCUT2D eigenvalue weighted by Gasteiger charge is -2.34. The second-order valence-electron chi connectivity index (χ2n) is 6.83. The van der Waals surface area contributed by atoms with Gasteiger partial charge in [0.25, 0.3) is 5.56 Å². The van der Waals surface area contributed by atoms with Crippen molar-refractivity contribution in [3.05, 3.63) is 74.6 Å². The van der Waals surface area contributed by atoms with Crippen LogP contribution in [0.2, 0.25) is 0 Å². The lowest BCUT2D eigenvalue weighted by Crippen LogP contribution is -2.33. The zero-order valence-corrected chi connectivity index (χ0v) is 19.0. The average molecular weight is 510 g/mol. The molecule has 13 heteroatoms. The zero-order chi connectivity index (χ0) is 22.4. The molecule has 0 fully saturated rings. The smallest absolute Gasteiger partial charge is 0.404 e. The molecule has 166 valence electrons. The summed E-state index contributed by atoms with van der Waals surface area (Å²) >= 11 is 18.0. The molecule has 3 heterocycles. The third-order valence-corrected chi connectivity index (χ3v) is 6.51. The highest BCUT2D eigenvalue weighted by Crippen LogP contribution is 2.62. The number of hydrogen-bond acceptors (Lipinski definition) is 7. The molecule has 2 aromatic rings. The van der Waals surface area contributed by atoms with Gasteiger partial charge in [-0.05, 0) is 19.1 Å². The van der Waals surface area contributed by atoms with Crippen LogP contribution in [0.3, 0.4) is 0 Å². The number of benzene rings is 1. The highest BCUT2D eigenvalue weighted by Gasteiger charge is 2.48. The maximum atomic E-state index is 13.1. The monoisotopic (exact) mass is 508 g/mol. The van der Waals surface area contributed by atoms with E-state index in [0.29, 0.717) is 11.1 Å². The predicted octanol–water partition coefficient (Wildman–Crippen LogP) is 3.94. The van der Waals surface area contributed by atoms with Crippen molar-refractivity contribution in [1.82, 2.24) is 9.55 Å². The number of rotatable bonds is 4. The van der Waals surface area contributed by atoms with E-state index in [0.717, 1.165) is 0 Å². The third kappa shape index (κ3) is 4.78. The maximum absolute atomic E-state index is 13.1. The van der Waals surface area contributed by atoms with Crippen LogP contribution in [0, 0.1) is 6.92 Å². The maximum Gasteiger partial charge on any atom is 0.530 e. The summed E-state index contributed by atoms with van der Waals surface area (Å²) < 4.78 is 34.4. The van der Waals surface area contributed by atoms with Gasteiger partial charge in [0, 0.05) is 17.3 Å². The number of phosphoric acid groups is 1. The summed E-state index contributed by atoms with van der Waals surface area (Å²) in [6.07, 6.45) is 1.98. The number of phosphoric ester groups is 1. The Kier molecular flexibility index (Phi) is 6.13. The second-order valence-corrected chi connectivity index (χ2v) is 10.7. The number of hydrogen-bond donors (Lipinski definition) is 1. The number of aryl methyl sites for hydroxylation is 1. The Morgan fingerprint density at radius 3 is 2.71 bits per heavy atom. The van der Waals surface area contributed by atoms with Crippen LogP contribution in [0.15, 0.2) is 52.2 Å². The standard InChI is InChI=1S/C18H16Cl3N2O7P/c1-10-8-23(17(25)22-16(10)24)14-7-6-11(28-14)9-27-31(26)29-13-5-3-2-4-12(13)15(30-31)18(19,20)21/h2-8,11,14-15H,9H2,1H3,(H,22,24,25). The molecular formula is C18H16Cl3N2O7P. The van der Waals surface area contributed by atoms with Gasteiger partial charge in [-0.3, -0.25) is 23.4 Å². The van der Waals surface area contributed by atoms with Crippen LogP contribution < -0.4 is 15.8 Å². The van der Waals surface area contributed by atoms with E-state index >= 15 is 0 Å². The molecule has 0 saturated heterocycles. The van der Waals surface area contributed by atoms with Gasteiger partial charge in [-0.25, -0.2) is 9.36 Å². The second kappa shape index (κ2) is 8.41. The fourth-order valence-electron chi connectivity index (χ4n) is 3.08. The molecule has 0 bridgehead atoms. The Bertz CT molecular complexity index is 1190. The molecule has 1 aromatic carbocycles. The number of alkyl halides is 3. The topological polar surface area (TPSA) is 109 Å². The van der Waals surface area contributed by atoms with Crippen molar-refractivity contribution in [2.45, 2.75) is 29.2 Å². The van der Waals surface area contributed by atoms with Gasteiger partial charge < -0.3 is 9.26 Å². The van der Waals surface area contributed by atoms with E-state index in [1.165, 1.54) is 10.8 Å². The molecule has 9 nitrogen and oxygen atoms in total. The first-order valence-corrected chi connectivity index (χ1v) is 11.6. The molecule has 1 N–H and O–H groups in total. The van der Waals surface area contributed by atoms with Gasteiger partial charge in [0.05, 0.1) is 6.61 Å². The minimum atomic E-state index is -4.15. The van der Waals surface area contributed by atoms with Gasteiger partial charge in [-0.15, -0.1) is 0 Å². The SMILES string of the molecule is Cc1cn(C2C=CC(COP3(=O)Oc4ccccc4C(C(Cl)(Cl)Cl)O3)O2)c(=O)[nH]c1=O. The van der Waals surface area contributed by atoms with E-state index in [4.69, 9.17) is 53.1 Å². The number of aromatic amines is 1. The van der Waals surface area contributed by atoms with E-state index < -0.39 is 41.3 Å². The minimum absolute atomic E-state index is 0.212. The van der Waals surface area contributed by atoms with Crippen molar-refractivity contribution < 1.29 is 22.9 Å². The van der Waals surface area contributed by atoms with Crippen LogP contribution in [-0.4, -0.2) is 26.1 Å². The summed E-state index contributed by atoms with van der Waals surface area (Å²) in [5, 5.41) is 0. The molecule has 0 spiro atoms. The summed E-state index contributed by atoms with van der Waals surface area (Å²) in [6.45, 7) is 1.34. The number of ether oxygens (including phenoxy) is 1. The summed E-state index contributed by atoms with van der Waals surface area (Å²) in [5.74, 6) is 0.212. The molecule has 4 unspecified atom stereocenters. The van der Waals surface area contributed by atoms with Gasteiger partial charge in [0.1, 0.15) is 18.0 Å². The van der Waals surface area contributed by atoms with Gasteiger partial charge in [0.2, 0.25) is 3.79 Å². The van der Waals surface area contributed by atoms with E-state index in [9.17, 15) is 14.2 Å². The number of halogens is 3. The summed E-state index contributed by atoms with van der Waals surface area (Å²) in [5.41, 5.74) is -0.333. The molecule has 0 radical (unpaired) electrons. The Balaban J connectivity index is 1.46. The molecule has 4 rings (SSSR count). The Morgan fingerprint density at radius 1 is 1.23 bits per heavy atom. The van der Waals surface area contributed by atoms with Gasteiger partial charge >= 0.3 is 13.5 Å². The number of nitrogens with one attached hydrogen (secondary N) is 1. The molecule has 4 atom stereocenters. The summed E-state index contributed by atoms with van der Waals surface area (Å²) in [4.78, 5) is 25.8. The van der Waals surface area contributed by atoms with Crippen molar-refractivity contribution in [2.24, 2.45) is 0 Å². The number of fused-ring (bicyclic) bond motifs is 1. The molecule has 0 amide bonds. The van der Waals surface area contributed by atoms with Crippen molar-refractivity contribution in [1.29, 1.82) is 0 Å². The van der Waals surface area contributed by atoms with Crippen LogP contribution in [-0.2, 0) is 18.3 Å². The number of aromatic nitrogens is 2. The highest BCUT2D eigenvalue weighted by atomic mass is 35.6. The first kappa shape index (κ1) is 22.6. The highest BCUT2D eigenvalue weighted by molar-refractivity contribution is 7.49. The zero-order valence-electron chi connectivity index (χ0n) is 15.9. The van der Waals surface area contributed by atoms with Crippen molar-refractivity contribution in [3.8, 4) is 5.75 Å². The van der Waals surface area contributed by atoms with E-state index in [1.807, 2.05) is 0 Å². The molecule has 2 aliphatic rings. The average Bonchev–Trinajstić information content (AvgIpc) is 3.17. The van der Waals surface area contributed by atoms with Gasteiger partial charge in [-0.2, -0.15) is 0 Å². The molecule has 0 saturated carbocycles. The van der Waals surface area contributed by atoms with E-state index in [2.05, 4.69) is 4.98 Å². The van der Waals surface area contributed by atoms with Crippen LogP contribution in [0.1, 0.15) is 23.5 Å². The molecule has 0 aliphatic carbocycles. The lowest BCUT2D eigenvalue weighted by atomic mass is 10.1. The lowest BCUT2D eigenvalue weighted by molar-refractivity contribution is -0.0155. The van der Waals surface area contributed by atoms with Crippen molar-refractivity contribution in [2.75, 3.05) is 6.61 Å². The minimum Gasteiger partial charge on any atom is -0.404 e. The Morgan fingerprint density at radius 2 is 1.97 bits per heavy atom. The third-order valence-electron chi connectivity index (χ3n) is 4.56. The molecule has 31 heavy (non-hydrogen) atoms. The normalized spacial score (nSPS) is 27.7. The largest absolute Gasteiger partial charge is 0.530 e. The van der Waals surface area contributed by atoms with Gasteiger partial charge in [-0.1, -0.05) is 59.1 Å². The quantitative estimate of drug-likeness (QED) is 0.378. The number of para-hydroxylation sites is 1. The van der Waals surface area contributed by atoms with Crippen molar-refractivity contribution in [3.63, 3.8) is 0 Å². The van der Waals surface area contributed by atoms with E-state index in [1.54, 1.807) is 43.3 Å². The Labute approximate surface area is 191 Å². The van der Waals surface area contributed by atoms with E-state index in [-0.39, 0.29) is 12.4 Å². The fourth-order valence-corrected chi connectivity index (χ4v) is 5.18. The van der Waals surface area contributed by atoms with Crippen LogP contribution >= 0.6 is 42.6 Å². The van der Waals surface area contributed by atoms with Crippen LogP contribution in [0.4, 0.5) is 0 Å². The summed E-state index contributed by atoms with van der Waals surface area (Å²) in [6, 6.07) is 6.55. The van der Waals surface area contributed by atoms with Crippen molar-refractivity contribution >= 4 is 42.6 Å².